The Labute approximate surface area is 113 Å². The molecule has 106 valence electrons. The summed E-state index contributed by atoms with van der Waals surface area (Å²) in [6.07, 6.45) is -0.278. The summed E-state index contributed by atoms with van der Waals surface area (Å²) in [5, 5.41) is 0. The van der Waals surface area contributed by atoms with Crippen LogP contribution in [0, 0.1) is 12.7 Å². The quantitative estimate of drug-likeness (QED) is 0.835. The van der Waals surface area contributed by atoms with Crippen LogP contribution in [-0.2, 0) is 14.8 Å². The summed E-state index contributed by atoms with van der Waals surface area (Å²) >= 11 is 0. The third-order valence-corrected chi connectivity index (χ3v) is 4.98. The molecular formula is C13H18FNO3S. The van der Waals surface area contributed by atoms with Crippen LogP contribution >= 0.6 is 0 Å². The zero-order chi connectivity index (χ0) is 14.2. The average molecular weight is 287 g/mol. The van der Waals surface area contributed by atoms with Crippen molar-refractivity contribution in [1.29, 1.82) is 0 Å². The average Bonchev–Trinajstić information content (AvgIpc) is 2.31. The smallest absolute Gasteiger partial charge is 0.243 e. The van der Waals surface area contributed by atoms with Crippen LogP contribution in [0.25, 0.3) is 0 Å². The second-order valence-corrected chi connectivity index (χ2v) is 6.93. The third kappa shape index (κ3) is 2.96. The molecule has 0 spiro atoms. The molecule has 1 saturated heterocycles. The fourth-order valence-electron chi connectivity index (χ4n) is 2.25. The summed E-state index contributed by atoms with van der Waals surface area (Å²) in [6.45, 7) is 5.88. The van der Waals surface area contributed by atoms with Crippen LogP contribution < -0.4 is 0 Å². The van der Waals surface area contributed by atoms with Gasteiger partial charge in [0.2, 0.25) is 10.0 Å². The van der Waals surface area contributed by atoms with Gasteiger partial charge in [-0.2, -0.15) is 4.31 Å². The van der Waals surface area contributed by atoms with E-state index in [2.05, 4.69) is 0 Å². The molecule has 1 fully saturated rings. The molecule has 4 nitrogen and oxygen atoms in total. The summed E-state index contributed by atoms with van der Waals surface area (Å²) < 4.78 is 45.1. The zero-order valence-electron chi connectivity index (χ0n) is 11.3. The summed E-state index contributed by atoms with van der Waals surface area (Å²) in [4.78, 5) is 0.132. The van der Waals surface area contributed by atoms with Crippen molar-refractivity contribution < 1.29 is 17.5 Å². The van der Waals surface area contributed by atoms with Crippen LogP contribution in [0.15, 0.2) is 23.1 Å². The molecule has 19 heavy (non-hydrogen) atoms. The van der Waals surface area contributed by atoms with Gasteiger partial charge in [-0.15, -0.1) is 0 Å². The van der Waals surface area contributed by atoms with Crippen LogP contribution in [0.4, 0.5) is 4.39 Å². The predicted octanol–water partition coefficient (Wildman–Crippen LogP) is 1.93. The van der Waals surface area contributed by atoms with E-state index >= 15 is 0 Å². The second kappa shape index (κ2) is 5.19. The minimum Gasteiger partial charge on any atom is -0.373 e. The number of nitrogens with zero attached hydrogens (tertiary/aromatic N) is 1. The topological polar surface area (TPSA) is 46.6 Å². The van der Waals surface area contributed by atoms with Crippen LogP contribution in [0.3, 0.4) is 0 Å². The van der Waals surface area contributed by atoms with Gasteiger partial charge in [0.1, 0.15) is 5.82 Å². The van der Waals surface area contributed by atoms with Gasteiger partial charge in [-0.1, -0.05) is 0 Å². The van der Waals surface area contributed by atoms with Crippen molar-refractivity contribution in [2.75, 3.05) is 13.1 Å². The van der Waals surface area contributed by atoms with E-state index in [1.54, 1.807) is 6.92 Å². The Kier molecular flexibility index (Phi) is 3.94. The molecule has 0 unspecified atom stereocenters. The van der Waals surface area contributed by atoms with E-state index in [1.807, 2.05) is 13.8 Å². The van der Waals surface area contributed by atoms with Gasteiger partial charge in [-0.05, 0) is 44.5 Å². The first-order chi connectivity index (χ1) is 8.80. The number of sulfonamides is 1. The first-order valence-corrected chi connectivity index (χ1v) is 7.66. The molecule has 0 aliphatic carbocycles. The van der Waals surface area contributed by atoms with Crippen molar-refractivity contribution >= 4 is 10.0 Å². The summed E-state index contributed by atoms with van der Waals surface area (Å²) in [6, 6.07) is 3.87. The van der Waals surface area contributed by atoms with Crippen molar-refractivity contribution in [2.24, 2.45) is 0 Å². The third-order valence-electron chi connectivity index (χ3n) is 3.15. The van der Waals surface area contributed by atoms with Crippen LogP contribution in [0.5, 0.6) is 0 Å². The molecule has 0 N–H and O–H groups in total. The molecule has 2 atom stereocenters. The molecule has 2 rings (SSSR count). The largest absolute Gasteiger partial charge is 0.373 e. The molecule has 0 amide bonds. The van der Waals surface area contributed by atoms with E-state index in [0.717, 1.165) is 0 Å². The molecule has 0 aromatic heterocycles. The van der Waals surface area contributed by atoms with Gasteiger partial charge in [0.15, 0.2) is 0 Å². The highest BCUT2D eigenvalue weighted by atomic mass is 32.2. The highest BCUT2D eigenvalue weighted by molar-refractivity contribution is 7.89. The summed E-state index contributed by atoms with van der Waals surface area (Å²) in [5.74, 6) is -0.400. The lowest BCUT2D eigenvalue weighted by atomic mass is 10.2. The Bertz CT molecular complexity index is 563. The van der Waals surface area contributed by atoms with Crippen LogP contribution in [0.2, 0.25) is 0 Å². The Balaban J connectivity index is 2.33. The fraction of sp³-hybridized carbons (Fsp3) is 0.538. The van der Waals surface area contributed by atoms with E-state index in [-0.39, 0.29) is 17.1 Å². The van der Waals surface area contributed by atoms with Gasteiger partial charge >= 0.3 is 0 Å². The standard InChI is InChI=1S/C13H18FNO3S/c1-9-6-12(4-5-13(9)14)19(16,17)15-7-10(2)18-11(3)8-15/h4-6,10-11H,7-8H2,1-3H3/t10-,11+. The Morgan fingerprint density at radius 3 is 2.37 bits per heavy atom. The Morgan fingerprint density at radius 2 is 1.84 bits per heavy atom. The second-order valence-electron chi connectivity index (χ2n) is 4.99. The van der Waals surface area contributed by atoms with E-state index < -0.39 is 15.8 Å². The molecule has 6 heteroatoms. The normalized spacial score (nSPS) is 25.5. The number of hydrogen-bond donors (Lipinski definition) is 0. The lowest BCUT2D eigenvalue weighted by molar-refractivity contribution is -0.0440. The van der Waals surface area contributed by atoms with Crippen LogP contribution in [0.1, 0.15) is 19.4 Å². The molecule has 0 radical (unpaired) electrons. The molecule has 0 saturated carbocycles. The molecule has 1 aliphatic heterocycles. The van der Waals surface area contributed by atoms with E-state index in [4.69, 9.17) is 4.74 Å². The number of morpholine rings is 1. The van der Waals surface area contributed by atoms with Crippen molar-refractivity contribution in [1.82, 2.24) is 4.31 Å². The van der Waals surface area contributed by atoms with Crippen LogP contribution in [-0.4, -0.2) is 38.0 Å². The number of hydrogen-bond acceptors (Lipinski definition) is 3. The number of aryl methyl sites for hydroxylation is 1. The fourth-order valence-corrected chi connectivity index (χ4v) is 3.93. The van der Waals surface area contributed by atoms with Crippen molar-refractivity contribution in [2.45, 2.75) is 37.9 Å². The molecule has 1 heterocycles. The Hall–Kier alpha value is -0.980. The highest BCUT2D eigenvalue weighted by Gasteiger charge is 2.32. The highest BCUT2D eigenvalue weighted by Crippen LogP contribution is 2.22. The maximum absolute atomic E-state index is 13.2. The summed E-state index contributed by atoms with van der Waals surface area (Å²) in [5.41, 5.74) is 0.329. The van der Waals surface area contributed by atoms with Crippen molar-refractivity contribution in [3.8, 4) is 0 Å². The molecular weight excluding hydrogens is 269 g/mol. The Morgan fingerprint density at radius 1 is 1.26 bits per heavy atom. The SMILES string of the molecule is Cc1cc(S(=O)(=O)N2C[C@@H](C)O[C@@H](C)C2)ccc1F. The van der Waals surface area contributed by atoms with E-state index in [9.17, 15) is 12.8 Å². The van der Waals surface area contributed by atoms with E-state index in [0.29, 0.717) is 18.7 Å². The van der Waals surface area contributed by atoms with Crippen molar-refractivity contribution in [3.05, 3.63) is 29.6 Å². The van der Waals surface area contributed by atoms with Crippen molar-refractivity contribution in [3.63, 3.8) is 0 Å². The summed E-state index contributed by atoms with van der Waals surface area (Å²) in [7, 11) is -3.58. The van der Waals surface area contributed by atoms with Gasteiger partial charge < -0.3 is 4.74 Å². The molecule has 1 aromatic carbocycles. The predicted molar refractivity (Wildman–Crippen MR) is 69.9 cm³/mol. The number of ether oxygens (including phenoxy) is 1. The number of benzene rings is 1. The van der Waals surface area contributed by atoms with Gasteiger partial charge in [0, 0.05) is 13.1 Å². The number of halogens is 1. The molecule has 1 aromatic rings. The minimum atomic E-state index is -3.58. The van der Waals surface area contributed by atoms with Gasteiger partial charge in [0.25, 0.3) is 0 Å². The first kappa shape index (κ1) is 14.4. The maximum atomic E-state index is 13.2. The number of rotatable bonds is 2. The monoisotopic (exact) mass is 287 g/mol. The lowest BCUT2D eigenvalue weighted by Crippen LogP contribution is -2.48. The lowest BCUT2D eigenvalue weighted by Gasteiger charge is -2.34. The van der Waals surface area contributed by atoms with Gasteiger partial charge in [-0.25, -0.2) is 12.8 Å². The molecule has 0 bridgehead atoms. The van der Waals surface area contributed by atoms with Gasteiger partial charge in [-0.3, -0.25) is 0 Å². The van der Waals surface area contributed by atoms with Gasteiger partial charge in [0.05, 0.1) is 17.1 Å². The molecule has 1 aliphatic rings. The maximum Gasteiger partial charge on any atom is 0.243 e. The minimum absolute atomic E-state index is 0.132. The van der Waals surface area contributed by atoms with E-state index in [1.165, 1.54) is 22.5 Å². The first-order valence-electron chi connectivity index (χ1n) is 6.22. The zero-order valence-corrected chi connectivity index (χ0v) is 12.1.